The van der Waals surface area contributed by atoms with Gasteiger partial charge in [0.2, 0.25) is 0 Å². The van der Waals surface area contributed by atoms with Gasteiger partial charge >= 0.3 is 6.03 Å². The van der Waals surface area contributed by atoms with Crippen molar-refractivity contribution in [2.75, 3.05) is 36.0 Å². The lowest BCUT2D eigenvalue weighted by Gasteiger charge is -2.29. The van der Waals surface area contributed by atoms with E-state index in [1.54, 1.807) is 30.3 Å². The number of non-ortho nitro benzene ring substituents is 1. The molecule has 2 heterocycles. The fraction of sp³-hybridized carbons (Fsp3) is 0.190. The Labute approximate surface area is 203 Å². The van der Waals surface area contributed by atoms with Crippen LogP contribution in [0.5, 0.6) is 0 Å². The third-order valence-corrected chi connectivity index (χ3v) is 5.78. The van der Waals surface area contributed by atoms with Crippen molar-refractivity contribution in [1.82, 2.24) is 5.32 Å². The summed E-state index contributed by atoms with van der Waals surface area (Å²) >= 11 is 3.30. The molecule has 2 fully saturated rings. The van der Waals surface area contributed by atoms with Gasteiger partial charge in [-0.25, -0.2) is 9.69 Å². The van der Waals surface area contributed by atoms with Crippen molar-refractivity contribution in [3.63, 3.8) is 0 Å². The molecular weight excluding hydrogens is 518 g/mol. The fourth-order valence-corrected chi connectivity index (χ4v) is 3.95. The van der Waals surface area contributed by atoms with Gasteiger partial charge in [-0.1, -0.05) is 15.9 Å². The number of urea groups is 1. The van der Waals surface area contributed by atoms with E-state index in [2.05, 4.69) is 31.5 Å². The van der Waals surface area contributed by atoms with Crippen LogP contribution < -0.4 is 32.8 Å². The summed E-state index contributed by atoms with van der Waals surface area (Å²) in [6.07, 6.45) is 1.32. The van der Waals surface area contributed by atoms with E-state index in [1.807, 2.05) is 0 Å². The Bertz CT molecular complexity index is 1150. The quantitative estimate of drug-likeness (QED) is 0.210. The molecule has 2 aliphatic rings. The Balaban J connectivity index is 0.00000306. The van der Waals surface area contributed by atoms with Crippen LogP contribution in [0.3, 0.4) is 0 Å². The van der Waals surface area contributed by atoms with Gasteiger partial charge in [-0.15, -0.1) is 0 Å². The Kier molecular flexibility index (Phi) is 7.46. The molecule has 2 aromatic rings. The second-order valence-electron chi connectivity index (χ2n) is 7.29. The van der Waals surface area contributed by atoms with Gasteiger partial charge in [-0.3, -0.25) is 25.0 Å². The number of hydrogen-bond acceptors (Lipinski definition) is 6. The van der Waals surface area contributed by atoms with Crippen LogP contribution in [0.25, 0.3) is 6.08 Å². The van der Waals surface area contributed by atoms with E-state index in [1.165, 1.54) is 18.2 Å². The molecule has 172 valence electrons. The minimum atomic E-state index is -0.856. The highest BCUT2D eigenvalue weighted by molar-refractivity contribution is 9.10. The number of carbonyl (C=O) groups excluding carboxylic acids is 3. The summed E-state index contributed by atoms with van der Waals surface area (Å²) in [5.41, 5.74) is 0.903. The Morgan fingerprint density at radius 1 is 1.06 bits per heavy atom. The van der Waals surface area contributed by atoms with Gasteiger partial charge in [-0.05, 0) is 36.4 Å². The number of barbiturate groups is 1. The molecule has 10 nitrogen and oxygen atoms in total. The number of anilines is 2. The van der Waals surface area contributed by atoms with Crippen LogP contribution in [0.2, 0.25) is 0 Å². The van der Waals surface area contributed by atoms with Crippen LogP contribution >= 0.6 is 15.9 Å². The number of nitro groups is 1. The Morgan fingerprint density at radius 3 is 2.36 bits per heavy atom. The van der Waals surface area contributed by atoms with Gasteiger partial charge in [0.1, 0.15) is 5.57 Å². The van der Waals surface area contributed by atoms with Crippen molar-refractivity contribution in [2.24, 2.45) is 0 Å². The van der Waals surface area contributed by atoms with Crippen molar-refractivity contribution in [2.45, 2.75) is 0 Å². The van der Waals surface area contributed by atoms with E-state index in [-0.39, 0.29) is 23.7 Å². The molecule has 2 aromatic carbocycles. The lowest BCUT2D eigenvalue weighted by atomic mass is 10.0. The maximum absolute atomic E-state index is 13.2. The van der Waals surface area contributed by atoms with Gasteiger partial charge in [-0.2, -0.15) is 0 Å². The molecule has 0 aliphatic carbocycles. The van der Waals surface area contributed by atoms with Crippen molar-refractivity contribution < 1.29 is 37.0 Å². The highest BCUT2D eigenvalue weighted by Gasteiger charge is 2.37. The number of nitrogens with one attached hydrogen (secondary N) is 1. The maximum Gasteiger partial charge on any atom is 0.335 e. The number of piperazine rings is 1. The monoisotopic (exact) mass is 535 g/mol. The molecule has 0 saturated carbocycles. The summed E-state index contributed by atoms with van der Waals surface area (Å²) in [5, 5.41) is 15.7. The van der Waals surface area contributed by atoms with Gasteiger partial charge in [0, 0.05) is 27.9 Å². The van der Waals surface area contributed by atoms with E-state index in [0.717, 1.165) is 35.6 Å². The minimum absolute atomic E-state index is 0. The number of benzene rings is 2. The molecule has 3 N–H and O–H groups in total. The highest BCUT2D eigenvalue weighted by atomic mass is 79.9. The molecule has 0 unspecified atom stereocenters. The number of halogens is 2. The van der Waals surface area contributed by atoms with E-state index >= 15 is 0 Å². The maximum atomic E-state index is 13.2. The lowest BCUT2D eigenvalue weighted by molar-refractivity contribution is -0.655. The zero-order chi connectivity index (χ0) is 22.8. The third-order valence-electron chi connectivity index (χ3n) is 5.26. The van der Waals surface area contributed by atoms with Gasteiger partial charge in [0.15, 0.2) is 0 Å². The first-order chi connectivity index (χ1) is 15.3. The second kappa shape index (κ2) is 10.1. The molecule has 2 aliphatic heterocycles. The number of quaternary nitrogens is 1. The summed E-state index contributed by atoms with van der Waals surface area (Å²) < 4.78 is 0.762. The number of nitrogens with zero attached hydrogens (tertiary/aromatic N) is 3. The van der Waals surface area contributed by atoms with E-state index in [0.29, 0.717) is 16.9 Å². The first-order valence-corrected chi connectivity index (χ1v) is 10.7. The van der Waals surface area contributed by atoms with E-state index < -0.39 is 22.8 Å². The molecule has 4 rings (SSSR count). The average Bonchev–Trinajstić information content (AvgIpc) is 2.78. The minimum Gasteiger partial charge on any atom is -1.00 e. The molecule has 0 aromatic heterocycles. The first-order valence-electron chi connectivity index (χ1n) is 9.87. The second-order valence-corrected chi connectivity index (χ2v) is 8.20. The van der Waals surface area contributed by atoms with Gasteiger partial charge < -0.3 is 22.6 Å². The lowest BCUT2D eigenvalue weighted by Crippen LogP contribution is -3.00. The molecule has 0 bridgehead atoms. The Morgan fingerprint density at radius 2 is 1.73 bits per heavy atom. The summed E-state index contributed by atoms with van der Waals surface area (Å²) in [5.74, 6) is -1.65. The summed E-state index contributed by atoms with van der Waals surface area (Å²) in [6.45, 7) is 3.16. The SMILES string of the molecule is O=C1NC(=O)N(c2ccc(Br)cc2)C(=O)/C1=C\c1cc([N+](=O)[O-])ccc1N1CC[NH2+]CC1.[Cl-]. The number of hydrogen-bond donors (Lipinski definition) is 2. The number of nitrogens with two attached hydrogens (primary N) is 1. The molecule has 12 heteroatoms. The smallest absolute Gasteiger partial charge is 0.335 e. The predicted molar refractivity (Wildman–Crippen MR) is 120 cm³/mol. The number of rotatable bonds is 4. The third kappa shape index (κ3) is 5.05. The van der Waals surface area contributed by atoms with Crippen LogP contribution in [0.1, 0.15) is 5.56 Å². The normalized spacial score (nSPS) is 17.6. The highest BCUT2D eigenvalue weighted by Crippen LogP contribution is 2.30. The summed E-state index contributed by atoms with van der Waals surface area (Å²) in [4.78, 5) is 51.8. The van der Waals surface area contributed by atoms with Crippen LogP contribution in [0.15, 0.2) is 52.5 Å². The molecule has 0 atom stereocenters. The molecule has 33 heavy (non-hydrogen) atoms. The summed E-state index contributed by atoms with van der Waals surface area (Å²) in [6, 6.07) is 9.97. The van der Waals surface area contributed by atoms with Crippen molar-refractivity contribution in [1.29, 1.82) is 0 Å². The van der Waals surface area contributed by atoms with Crippen molar-refractivity contribution in [3.05, 3.63) is 68.2 Å². The van der Waals surface area contributed by atoms with Gasteiger partial charge in [0.05, 0.1) is 36.8 Å². The van der Waals surface area contributed by atoms with Crippen LogP contribution in [0.4, 0.5) is 21.9 Å². The molecule has 4 amide bonds. The molecule has 0 radical (unpaired) electrons. The number of carbonyl (C=O) groups is 3. The zero-order valence-corrected chi connectivity index (χ0v) is 19.5. The van der Waals surface area contributed by atoms with Crippen LogP contribution in [-0.2, 0) is 9.59 Å². The average molecular weight is 537 g/mol. The topological polar surface area (TPSA) is 129 Å². The predicted octanol–water partition coefficient (Wildman–Crippen LogP) is -1.59. The van der Waals surface area contributed by atoms with Crippen LogP contribution in [-0.4, -0.2) is 48.9 Å². The van der Waals surface area contributed by atoms with Crippen molar-refractivity contribution >= 4 is 56.9 Å². The van der Waals surface area contributed by atoms with Gasteiger partial charge in [0.25, 0.3) is 17.5 Å². The number of nitro benzene ring substituents is 1. The number of amides is 4. The van der Waals surface area contributed by atoms with Crippen molar-refractivity contribution in [3.8, 4) is 0 Å². The number of imide groups is 2. The summed E-state index contributed by atoms with van der Waals surface area (Å²) in [7, 11) is 0. The molecule has 0 spiro atoms. The Hall–Kier alpha value is -3.28. The fourth-order valence-electron chi connectivity index (χ4n) is 3.69. The molecule has 2 saturated heterocycles. The molecular formula is C21H19BrClN5O5. The van der Waals surface area contributed by atoms with Crippen LogP contribution in [0, 0.1) is 10.1 Å². The standard InChI is InChI=1S/C21H18BrN5O5.ClH/c22-14-1-3-15(4-2-14)26-20(29)17(19(28)24-21(26)30)12-13-11-16(27(31)32)5-6-18(13)25-9-7-23-8-10-25;/h1-6,11-12,23H,7-10H2,(H,24,28,30);1H/b17-12-;. The van der Waals surface area contributed by atoms with E-state index in [9.17, 15) is 24.5 Å². The first kappa shape index (κ1) is 24.4. The largest absolute Gasteiger partial charge is 1.00 e. The van der Waals surface area contributed by atoms with E-state index in [4.69, 9.17) is 0 Å². The zero-order valence-electron chi connectivity index (χ0n) is 17.2.